The van der Waals surface area contributed by atoms with Crippen LogP contribution in [0.15, 0.2) is 24.3 Å². The van der Waals surface area contributed by atoms with E-state index >= 15 is 0 Å². The van der Waals surface area contributed by atoms with E-state index in [1.54, 1.807) is 6.07 Å². The molecule has 1 aromatic rings. The number of phenols is 1. The number of para-hydroxylation sites is 1. The SMILES string of the molecule is CC(CCCc1ccccc1O)CC(N)=O. The third-order valence-corrected chi connectivity index (χ3v) is 2.68. The summed E-state index contributed by atoms with van der Waals surface area (Å²) in [5.41, 5.74) is 6.09. The summed E-state index contributed by atoms with van der Waals surface area (Å²) in [6, 6.07) is 7.35. The maximum Gasteiger partial charge on any atom is 0.217 e. The van der Waals surface area contributed by atoms with Gasteiger partial charge in [-0.3, -0.25) is 4.79 Å². The van der Waals surface area contributed by atoms with E-state index in [1.165, 1.54) is 0 Å². The first kappa shape index (κ1) is 12.6. The second-order valence-electron chi connectivity index (χ2n) is 4.30. The lowest BCUT2D eigenvalue weighted by Crippen LogP contribution is -2.14. The summed E-state index contributed by atoms with van der Waals surface area (Å²) in [5.74, 6) is 0.434. The van der Waals surface area contributed by atoms with Gasteiger partial charge in [0, 0.05) is 6.42 Å². The first-order valence-electron chi connectivity index (χ1n) is 5.64. The van der Waals surface area contributed by atoms with Gasteiger partial charge in [0.25, 0.3) is 0 Å². The number of nitrogens with two attached hydrogens (primary N) is 1. The Morgan fingerprint density at radius 2 is 2.12 bits per heavy atom. The van der Waals surface area contributed by atoms with Crippen molar-refractivity contribution in [3.63, 3.8) is 0 Å². The van der Waals surface area contributed by atoms with Crippen LogP contribution >= 0.6 is 0 Å². The fraction of sp³-hybridized carbons (Fsp3) is 0.462. The summed E-state index contributed by atoms with van der Waals surface area (Å²) < 4.78 is 0. The summed E-state index contributed by atoms with van der Waals surface area (Å²) in [7, 11) is 0. The molecule has 1 amide bonds. The quantitative estimate of drug-likeness (QED) is 0.773. The Kier molecular flexibility index (Phi) is 4.83. The molecular weight excluding hydrogens is 202 g/mol. The van der Waals surface area contributed by atoms with Crippen LogP contribution in [0.25, 0.3) is 0 Å². The van der Waals surface area contributed by atoms with E-state index in [9.17, 15) is 9.90 Å². The van der Waals surface area contributed by atoms with Crippen molar-refractivity contribution in [2.24, 2.45) is 11.7 Å². The number of amides is 1. The highest BCUT2D eigenvalue weighted by Crippen LogP contribution is 2.19. The normalized spacial score (nSPS) is 12.3. The van der Waals surface area contributed by atoms with Crippen molar-refractivity contribution >= 4 is 5.91 Å². The molecule has 0 aromatic heterocycles. The van der Waals surface area contributed by atoms with Crippen molar-refractivity contribution in [3.8, 4) is 5.75 Å². The number of rotatable bonds is 6. The van der Waals surface area contributed by atoms with E-state index in [0.29, 0.717) is 18.1 Å². The van der Waals surface area contributed by atoms with Crippen molar-refractivity contribution in [1.82, 2.24) is 0 Å². The summed E-state index contributed by atoms with van der Waals surface area (Å²) >= 11 is 0. The Hall–Kier alpha value is -1.51. The molecule has 3 N–H and O–H groups in total. The molecule has 0 radical (unpaired) electrons. The summed E-state index contributed by atoms with van der Waals surface area (Å²) in [5, 5.41) is 9.55. The van der Waals surface area contributed by atoms with Gasteiger partial charge in [-0.15, -0.1) is 0 Å². The van der Waals surface area contributed by atoms with Crippen molar-refractivity contribution in [2.45, 2.75) is 32.6 Å². The average molecular weight is 221 g/mol. The number of hydrogen-bond acceptors (Lipinski definition) is 2. The third kappa shape index (κ3) is 4.34. The van der Waals surface area contributed by atoms with E-state index in [4.69, 9.17) is 5.73 Å². The Morgan fingerprint density at radius 1 is 1.44 bits per heavy atom. The molecule has 0 aliphatic heterocycles. The number of primary amides is 1. The minimum absolute atomic E-state index is 0.241. The van der Waals surface area contributed by atoms with Crippen molar-refractivity contribution in [1.29, 1.82) is 0 Å². The number of carbonyl (C=O) groups is 1. The van der Waals surface area contributed by atoms with Gasteiger partial charge in [0.15, 0.2) is 0 Å². The molecular formula is C13H19NO2. The molecule has 88 valence electrons. The van der Waals surface area contributed by atoms with Crippen LogP contribution in [0, 0.1) is 5.92 Å². The maximum atomic E-state index is 10.7. The zero-order valence-electron chi connectivity index (χ0n) is 9.65. The minimum atomic E-state index is -0.241. The molecule has 3 heteroatoms. The molecule has 0 spiro atoms. The van der Waals surface area contributed by atoms with Crippen LogP contribution in [0.4, 0.5) is 0 Å². The summed E-state index contributed by atoms with van der Waals surface area (Å²) in [6.07, 6.45) is 3.21. The van der Waals surface area contributed by atoms with Gasteiger partial charge in [0.1, 0.15) is 5.75 Å². The van der Waals surface area contributed by atoms with Gasteiger partial charge >= 0.3 is 0 Å². The van der Waals surface area contributed by atoms with Gasteiger partial charge in [-0.1, -0.05) is 25.1 Å². The third-order valence-electron chi connectivity index (χ3n) is 2.68. The second-order valence-corrected chi connectivity index (χ2v) is 4.30. The van der Waals surface area contributed by atoms with Gasteiger partial charge in [0.2, 0.25) is 5.91 Å². The molecule has 0 fully saturated rings. The topological polar surface area (TPSA) is 63.3 Å². The van der Waals surface area contributed by atoms with Gasteiger partial charge in [-0.05, 0) is 36.8 Å². The molecule has 3 nitrogen and oxygen atoms in total. The lowest BCUT2D eigenvalue weighted by molar-refractivity contribution is -0.118. The molecule has 0 bridgehead atoms. The summed E-state index contributed by atoms with van der Waals surface area (Å²) in [4.78, 5) is 10.7. The van der Waals surface area contributed by atoms with Crippen LogP contribution in [0.5, 0.6) is 5.75 Å². The smallest absolute Gasteiger partial charge is 0.217 e. The molecule has 16 heavy (non-hydrogen) atoms. The molecule has 1 rings (SSSR count). The standard InChI is InChI=1S/C13H19NO2/c1-10(9-13(14)16)5-4-7-11-6-2-3-8-12(11)15/h2-3,6,8,10,15H,4-5,7,9H2,1H3,(H2,14,16). The van der Waals surface area contributed by atoms with Gasteiger partial charge in [0.05, 0.1) is 0 Å². The van der Waals surface area contributed by atoms with Crippen molar-refractivity contribution in [3.05, 3.63) is 29.8 Å². The highest BCUT2D eigenvalue weighted by Gasteiger charge is 2.06. The van der Waals surface area contributed by atoms with E-state index in [2.05, 4.69) is 0 Å². The van der Waals surface area contributed by atoms with Crippen LogP contribution < -0.4 is 5.73 Å². The Labute approximate surface area is 96.3 Å². The molecule has 0 saturated heterocycles. The number of hydrogen-bond donors (Lipinski definition) is 2. The average Bonchev–Trinajstić information content (AvgIpc) is 2.19. The molecule has 1 aromatic carbocycles. The number of benzene rings is 1. The van der Waals surface area contributed by atoms with Gasteiger partial charge < -0.3 is 10.8 Å². The van der Waals surface area contributed by atoms with Crippen molar-refractivity contribution < 1.29 is 9.90 Å². The van der Waals surface area contributed by atoms with Gasteiger partial charge in [-0.25, -0.2) is 0 Å². The Bertz CT molecular complexity index is 350. The van der Waals surface area contributed by atoms with Crippen LogP contribution in [0.2, 0.25) is 0 Å². The molecule has 0 aliphatic rings. The summed E-state index contributed by atoms with van der Waals surface area (Å²) in [6.45, 7) is 2.02. The number of phenolic OH excluding ortho intramolecular Hbond substituents is 1. The first-order chi connectivity index (χ1) is 7.59. The van der Waals surface area contributed by atoms with Crippen LogP contribution in [-0.4, -0.2) is 11.0 Å². The fourth-order valence-corrected chi connectivity index (χ4v) is 1.81. The molecule has 1 atom stereocenters. The van der Waals surface area contributed by atoms with E-state index in [0.717, 1.165) is 24.8 Å². The number of aromatic hydroxyl groups is 1. The predicted molar refractivity (Wildman–Crippen MR) is 64.0 cm³/mol. The minimum Gasteiger partial charge on any atom is -0.508 e. The Morgan fingerprint density at radius 3 is 2.75 bits per heavy atom. The van der Waals surface area contributed by atoms with Crippen LogP contribution in [0.3, 0.4) is 0 Å². The predicted octanol–water partition coefficient (Wildman–Crippen LogP) is 2.23. The van der Waals surface area contributed by atoms with Crippen LogP contribution in [0.1, 0.15) is 31.7 Å². The highest BCUT2D eigenvalue weighted by molar-refractivity contribution is 5.73. The van der Waals surface area contributed by atoms with E-state index in [1.807, 2.05) is 25.1 Å². The Balaban J connectivity index is 2.30. The van der Waals surface area contributed by atoms with E-state index < -0.39 is 0 Å². The largest absolute Gasteiger partial charge is 0.508 e. The zero-order valence-corrected chi connectivity index (χ0v) is 9.65. The highest BCUT2D eigenvalue weighted by atomic mass is 16.3. The number of aryl methyl sites for hydroxylation is 1. The fourth-order valence-electron chi connectivity index (χ4n) is 1.81. The lowest BCUT2D eigenvalue weighted by atomic mass is 9.98. The first-order valence-corrected chi connectivity index (χ1v) is 5.64. The second kappa shape index (κ2) is 6.16. The lowest BCUT2D eigenvalue weighted by Gasteiger charge is -2.09. The van der Waals surface area contributed by atoms with Crippen molar-refractivity contribution in [2.75, 3.05) is 0 Å². The maximum absolute atomic E-state index is 10.7. The molecule has 0 aliphatic carbocycles. The van der Waals surface area contributed by atoms with E-state index in [-0.39, 0.29) is 5.91 Å². The van der Waals surface area contributed by atoms with Crippen LogP contribution in [-0.2, 0) is 11.2 Å². The monoisotopic (exact) mass is 221 g/mol. The zero-order chi connectivity index (χ0) is 12.0. The van der Waals surface area contributed by atoms with Gasteiger partial charge in [-0.2, -0.15) is 0 Å². The molecule has 0 heterocycles. The molecule has 0 saturated carbocycles. The molecule has 1 unspecified atom stereocenters. The number of carbonyl (C=O) groups excluding carboxylic acids is 1.